The van der Waals surface area contributed by atoms with E-state index >= 15 is 0 Å². The van der Waals surface area contributed by atoms with Gasteiger partial charge in [-0.25, -0.2) is 0 Å². The molecule has 0 atom stereocenters. The SMILES string of the molecule is CC(C)(C)SC1CCCCC1. The standard InChI is InChI=1S/C10H20S/c1-10(2,3)11-9-7-5-4-6-8-9/h9H,4-8H2,1-3H3. The third-order valence-corrected chi connectivity index (χ3v) is 3.58. The van der Waals surface area contributed by atoms with Crippen molar-refractivity contribution in [3.8, 4) is 0 Å². The molecule has 0 aliphatic heterocycles. The van der Waals surface area contributed by atoms with Gasteiger partial charge in [-0.15, -0.1) is 0 Å². The van der Waals surface area contributed by atoms with Crippen LogP contribution in [0.1, 0.15) is 52.9 Å². The molecule has 0 nitrogen and oxygen atoms in total. The van der Waals surface area contributed by atoms with E-state index in [9.17, 15) is 0 Å². The average molecular weight is 172 g/mol. The summed E-state index contributed by atoms with van der Waals surface area (Å²) in [5, 5.41) is 0.962. The molecule has 0 bridgehead atoms. The molecular formula is C10H20S. The molecule has 11 heavy (non-hydrogen) atoms. The van der Waals surface area contributed by atoms with Crippen molar-refractivity contribution in [2.45, 2.75) is 62.9 Å². The van der Waals surface area contributed by atoms with Gasteiger partial charge in [0.2, 0.25) is 0 Å². The van der Waals surface area contributed by atoms with Crippen molar-refractivity contribution in [3.05, 3.63) is 0 Å². The molecule has 0 aromatic rings. The van der Waals surface area contributed by atoms with Gasteiger partial charge in [0.25, 0.3) is 0 Å². The average Bonchev–Trinajstić information content (AvgIpc) is 1.85. The second-order valence-corrected chi connectivity index (χ2v) is 6.62. The second-order valence-electron chi connectivity index (χ2n) is 4.49. The zero-order valence-corrected chi connectivity index (χ0v) is 8.84. The Kier molecular flexibility index (Phi) is 3.29. The molecule has 0 radical (unpaired) electrons. The van der Waals surface area contributed by atoms with Crippen molar-refractivity contribution in [1.82, 2.24) is 0 Å². The second kappa shape index (κ2) is 3.84. The molecule has 1 heteroatoms. The van der Waals surface area contributed by atoms with Gasteiger partial charge in [-0.1, -0.05) is 40.0 Å². The quantitative estimate of drug-likeness (QED) is 0.579. The Morgan fingerprint density at radius 1 is 1.00 bits per heavy atom. The van der Waals surface area contributed by atoms with E-state index in [0.717, 1.165) is 5.25 Å². The van der Waals surface area contributed by atoms with Gasteiger partial charge in [0.05, 0.1) is 0 Å². The fourth-order valence-corrected chi connectivity index (χ4v) is 3.25. The largest absolute Gasteiger partial charge is 0.153 e. The van der Waals surface area contributed by atoms with E-state index in [1.54, 1.807) is 0 Å². The number of hydrogen-bond donors (Lipinski definition) is 0. The van der Waals surface area contributed by atoms with Crippen LogP contribution in [-0.2, 0) is 0 Å². The van der Waals surface area contributed by atoms with Crippen molar-refractivity contribution in [3.63, 3.8) is 0 Å². The summed E-state index contributed by atoms with van der Waals surface area (Å²) in [4.78, 5) is 0. The number of hydrogen-bond acceptors (Lipinski definition) is 1. The molecule has 0 saturated heterocycles. The molecule has 1 rings (SSSR count). The summed E-state index contributed by atoms with van der Waals surface area (Å²) < 4.78 is 0.474. The Balaban J connectivity index is 2.24. The first-order chi connectivity index (χ1) is 5.08. The van der Waals surface area contributed by atoms with Crippen LogP contribution in [0.2, 0.25) is 0 Å². The van der Waals surface area contributed by atoms with E-state index in [4.69, 9.17) is 0 Å². The molecule has 1 saturated carbocycles. The maximum Gasteiger partial charge on any atom is 0.00778 e. The molecule has 0 N–H and O–H groups in total. The Morgan fingerprint density at radius 2 is 1.55 bits per heavy atom. The van der Waals surface area contributed by atoms with Crippen molar-refractivity contribution in [2.24, 2.45) is 0 Å². The molecule has 0 spiro atoms. The molecule has 0 aromatic heterocycles. The minimum atomic E-state index is 0.474. The van der Waals surface area contributed by atoms with Crippen molar-refractivity contribution < 1.29 is 0 Å². The Hall–Kier alpha value is 0.350. The zero-order chi connectivity index (χ0) is 8.32. The highest BCUT2D eigenvalue weighted by atomic mass is 32.2. The predicted molar refractivity (Wildman–Crippen MR) is 54.2 cm³/mol. The summed E-state index contributed by atoms with van der Waals surface area (Å²) >= 11 is 2.18. The molecule has 0 unspecified atom stereocenters. The normalized spacial score (nSPS) is 22.1. The van der Waals surface area contributed by atoms with Crippen LogP contribution in [0, 0.1) is 0 Å². The molecule has 1 aliphatic rings. The lowest BCUT2D eigenvalue weighted by molar-refractivity contribution is 0.512. The predicted octanol–water partition coefficient (Wildman–Crippen LogP) is 3.85. The van der Waals surface area contributed by atoms with Crippen LogP contribution < -0.4 is 0 Å². The molecule has 0 amide bonds. The van der Waals surface area contributed by atoms with Crippen LogP contribution in [0.25, 0.3) is 0 Å². The number of rotatable bonds is 1. The third kappa shape index (κ3) is 4.05. The summed E-state index contributed by atoms with van der Waals surface area (Å²) in [7, 11) is 0. The van der Waals surface area contributed by atoms with E-state index in [0.29, 0.717) is 4.75 Å². The van der Waals surface area contributed by atoms with Crippen LogP contribution in [0.15, 0.2) is 0 Å². The lowest BCUT2D eigenvalue weighted by atomic mass is 10.0. The van der Waals surface area contributed by atoms with Gasteiger partial charge in [0.1, 0.15) is 0 Å². The van der Waals surface area contributed by atoms with Gasteiger partial charge in [-0.2, -0.15) is 11.8 Å². The molecule has 66 valence electrons. The van der Waals surface area contributed by atoms with Crippen LogP contribution >= 0.6 is 11.8 Å². The van der Waals surface area contributed by atoms with Gasteiger partial charge in [-0.05, 0) is 12.8 Å². The summed E-state index contributed by atoms with van der Waals surface area (Å²) in [6.07, 6.45) is 7.33. The minimum absolute atomic E-state index is 0.474. The van der Waals surface area contributed by atoms with Gasteiger partial charge in [0, 0.05) is 10.00 Å². The summed E-state index contributed by atoms with van der Waals surface area (Å²) in [5.74, 6) is 0. The fourth-order valence-electron chi connectivity index (χ4n) is 1.68. The van der Waals surface area contributed by atoms with Crippen molar-refractivity contribution in [1.29, 1.82) is 0 Å². The topological polar surface area (TPSA) is 0 Å². The van der Waals surface area contributed by atoms with Crippen LogP contribution in [0.4, 0.5) is 0 Å². The molecule has 0 aromatic carbocycles. The lowest BCUT2D eigenvalue weighted by Crippen LogP contribution is -2.17. The first-order valence-corrected chi connectivity index (χ1v) is 5.64. The van der Waals surface area contributed by atoms with Crippen molar-refractivity contribution >= 4 is 11.8 Å². The molecule has 0 heterocycles. The maximum absolute atomic E-state index is 2.33. The van der Waals surface area contributed by atoms with Gasteiger partial charge in [-0.3, -0.25) is 0 Å². The highest BCUT2D eigenvalue weighted by Gasteiger charge is 2.20. The van der Waals surface area contributed by atoms with Gasteiger partial charge in [0.15, 0.2) is 0 Å². The van der Waals surface area contributed by atoms with Gasteiger partial charge >= 0.3 is 0 Å². The van der Waals surface area contributed by atoms with E-state index in [2.05, 4.69) is 32.5 Å². The van der Waals surface area contributed by atoms with E-state index in [-0.39, 0.29) is 0 Å². The van der Waals surface area contributed by atoms with E-state index in [1.165, 1.54) is 32.1 Å². The first kappa shape index (κ1) is 9.44. The van der Waals surface area contributed by atoms with E-state index < -0.39 is 0 Å². The lowest BCUT2D eigenvalue weighted by Gasteiger charge is -2.28. The third-order valence-electron chi connectivity index (χ3n) is 2.07. The molecule has 1 fully saturated rings. The highest BCUT2D eigenvalue weighted by molar-refractivity contribution is 8.01. The molecular weight excluding hydrogens is 152 g/mol. The Labute approximate surface area is 75.1 Å². The summed E-state index contributed by atoms with van der Waals surface area (Å²) in [6, 6.07) is 0. The fraction of sp³-hybridized carbons (Fsp3) is 1.00. The minimum Gasteiger partial charge on any atom is -0.153 e. The van der Waals surface area contributed by atoms with Crippen LogP contribution in [0.3, 0.4) is 0 Å². The smallest absolute Gasteiger partial charge is 0.00778 e. The van der Waals surface area contributed by atoms with Gasteiger partial charge < -0.3 is 0 Å². The first-order valence-electron chi connectivity index (χ1n) is 4.76. The monoisotopic (exact) mass is 172 g/mol. The zero-order valence-electron chi connectivity index (χ0n) is 8.02. The number of thioether (sulfide) groups is 1. The summed E-state index contributed by atoms with van der Waals surface area (Å²) in [6.45, 7) is 6.98. The highest BCUT2D eigenvalue weighted by Crippen LogP contribution is 2.36. The van der Waals surface area contributed by atoms with E-state index in [1.807, 2.05) is 0 Å². The Bertz CT molecular complexity index is 107. The van der Waals surface area contributed by atoms with Crippen LogP contribution in [0.5, 0.6) is 0 Å². The summed E-state index contributed by atoms with van der Waals surface area (Å²) in [5.41, 5.74) is 0. The van der Waals surface area contributed by atoms with Crippen LogP contribution in [-0.4, -0.2) is 10.00 Å². The van der Waals surface area contributed by atoms with Crippen molar-refractivity contribution in [2.75, 3.05) is 0 Å². The Morgan fingerprint density at radius 3 is 2.00 bits per heavy atom. The molecule has 1 aliphatic carbocycles. The maximum atomic E-state index is 2.33.